The molecule has 0 bridgehead atoms. The molecular weight excluding hydrogens is 573 g/mol. The summed E-state index contributed by atoms with van der Waals surface area (Å²) in [6.45, 7) is 6.67. The third kappa shape index (κ3) is 5.22. The third-order valence-electron chi connectivity index (χ3n) is 8.74. The molecule has 6 rings (SSSR count). The summed E-state index contributed by atoms with van der Waals surface area (Å²) in [6, 6.07) is 7.34. The summed E-state index contributed by atoms with van der Waals surface area (Å²) >= 11 is 0. The summed E-state index contributed by atoms with van der Waals surface area (Å²) in [7, 11) is 0. The van der Waals surface area contributed by atoms with Crippen LogP contribution in [-0.2, 0) is 16.1 Å². The predicted octanol–water partition coefficient (Wildman–Crippen LogP) is 5.11. The van der Waals surface area contributed by atoms with Crippen LogP contribution in [0.5, 0.6) is 0 Å². The number of alkyl halides is 3. The summed E-state index contributed by atoms with van der Waals surface area (Å²) in [5.41, 5.74) is 2.63. The molecule has 3 heterocycles. The lowest BCUT2D eigenvalue weighted by atomic mass is 10.0. The van der Waals surface area contributed by atoms with Crippen LogP contribution in [0.4, 0.5) is 13.2 Å². The molecule has 0 unspecified atom stereocenters. The molecule has 9 nitrogen and oxygen atoms in total. The highest BCUT2D eigenvalue weighted by Gasteiger charge is 2.64. The van der Waals surface area contributed by atoms with E-state index in [2.05, 4.69) is 20.4 Å². The number of amides is 2. The Balaban J connectivity index is 1.31. The van der Waals surface area contributed by atoms with Gasteiger partial charge in [-0.3, -0.25) is 19.1 Å². The number of rotatable bonds is 7. The van der Waals surface area contributed by atoms with E-state index in [0.29, 0.717) is 23.1 Å². The molecule has 12 heteroatoms. The van der Waals surface area contributed by atoms with Gasteiger partial charge in [0.25, 0.3) is 0 Å². The Morgan fingerprint density at radius 1 is 1.05 bits per heavy atom. The van der Waals surface area contributed by atoms with Gasteiger partial charge in [-0.05, 0) is 60.9 Å². The fourth-order valence-corrected chi connectivity index (χ4v) is 6.42. The summed E-state index contributed by atoms with van der Waals surface area (Å²) in [6.07, 6.45) is -0.430. The molecule has 4 aromatic rings. The van der Waals surface area contributed by atoms with Crippen molar-refractivity contribution in [1.29, 1.82) is 0 Å². The Hall–Kier alpha value is -4.61. The molecule has 228 valence electrons. The van der Waals surface area contributed by atoms with E-state index < -0.39 is 30.1 Å². The van der Waals surface area contributed by atoms with E-state index in [1.165, 1.54) is 40.8 Å². The molecule has 4 atom stereocenters. The first-order valence-corrected chi connectivity index (χ1v) is 14.3. The number of ketones is 1. The van der Waals surface area contributed by atoms with Gasteiger partial charge in [-0.15, -0.1) is 0 Å². The fourth-order valence-electron chi connectivity index (χ4n) is 6.42. The smallest absolute Gasteiger partial charge is 0.339 e. The molecule has 44 heavy (non-hydrogen) atoms. The second-order valence-corrected chi connectivity index (χ2v) is 12.1. The highest BCUT2D eigenvalue weighted by Crippen LogP contribution is 2.59. The van der Waals surface area contributed by atoms with Crippen molar-refractivity contribution < 1.29 is 27.6 Å². The Bertz CT molecular complexity index is 1790. The summed E-state index contributed by atoms with van der Waals surface area (Å²) < 4.78 is 43.5. The Kier molecular flexibility index (Phi) is 7.05. The first kappa shape index (κ1) is 29.5. The van der Waals surface area contributed by atoms with Crippen molar-refractivity contribution in [3.05, 3.63) is 77.5 Å². The lowest BCUT2D eigenvalue weighted by Crippen LogP contribution is -2.51. The Morgan fingerprint density at radius 2 is 1.73 bits per heavy atom. The molecule has 2 aromatic heterocycles. The van der Waals surface area contributed by atoms with Crippen LogP contribution in [0.1, 0.15) is 60.2 Å². The van der Waals surface area contributed by atoms with E-state index in [9.17, 15) is 27.6 Å². The number of aromatic nitrogens is 4. The highest BCUT2D eigenvalue weighted by atomic mass is 19.4. The summed E-state index contributed by atoms with van der Waals surface area (Å²) in [4.78, 5) is 49.8. The van der Waals surface area contributed by atoms with E-state index in [1.54, 1.807) is 25.4 Å². The van der Waals surface area contributed by atoms with Crippen LogP contribution < -0.4 is 5.32 Å². The average molecular weight is 605 g/mol. The van der Waals surface area contributed by atoms with E-state index in [0.717, 1.165) is 16.7 Å². The quantitative estimate of drug-likeness (QED) is 0.294. The minimum absolute atomic E-state index is 0.0904. The monoisotopic (exact) mass is 604 g/mol. The number of piperidine rings is 1. The van der Waals surface area contributed by atoms with Gasteiger partial charge in [-0.1, -0.05) is 37.3 Å². The molecular formula is C32H31F3N6O3. The van der Waals surface area contributed by atoms with Gasteiger partial charge in [0.2, 0.25) is 11.8 Å². The van der Waals surface area contributed by atoms with E-state index in [4.69, 9.17) is 0 Å². The number of benzene rings is 2. The minimum atomic E-state index is -4.73. The number of nitrogens with zero attached hydrogens (tertiary/aromatic N) is 5. The largest absolute Gasteiger partial charge is 0.412 e. The van der Waals surface area contributed by atoms with Crippen LogP contribution in [0.2, 0.25) is 0 Å². The standard InChI is InChI=1S/C32H31F3N6O3/c1-17-10-21(22-14-36-19(3)37-15-22)11-23-27(18(2)42)39-40(28(17)23)16-26(43)41-24(12-31(4)13-25(31)41)30(44)38-29(32(33,34)35)20-8-6-5-7-9-20/h5-11,14-15,24-25,29H,12-13,16H2,1-4H3,(H,38,44)/t24-,25+,29+,31-/m0/s1. The number of nitrogens with one attached hydrogen (secondary N) is 1. The second kappa shape index (κ2) is 10.5. The zero-order chi connectivity index (χ0) is 31.6. The van der Waals surface area contributed by atoms with Crippen molar-refractivity contribution in [2.45, 2.75) is 71.4 Å². The van der Waals surface area contributed by atoms with Crippen LogP contribution in [0.25, 0.3) is 22.0 Å². The summed E-state index contributed by atoms with van der Waals surface area (Å²) in [5, 5.41) is 7.22. The van der Waals surface area contributed by atoms with Gasteiger partial charge in [-0.2, -0.15) is 18.3 Å². The predicted molar refractivity (Wildman–Crippen MR) is 155 cm³/mol. The van der Waals surface area contributed by atoms with Gasteiger partial charge in [0, 0.05) is 36.3 Å². The first-order chi connectivity index (χ1) is 20.8. The van der Waals surface area contributed by atoms with E-state index in [1.807, 2.05) is 26.0 Å². The van der Waals surface area contributed by atoms with E-state index >= 15 is 0 Å². The molecule has 1 N–H and O–H groups in total. The zero-order valence-corrected chi connectivity index (χ0v) is 24.6. The lowest BCUT2D eigenvalue weighted by Gasteiger charge is -2.30. The van der Waals surface area contributed by atoms with Crippen LogP contribution >= 0.6 is 0 Å². The maximum Gasteiger partial charge on any atom is 0.412 e. The van der Waals surface area contributed by atoms with Crippen molar-refractivity contribution in [3.8, 4) is 11.1 Å². The van der Waals surface area contributed by atoms with Crippen molar-refractivity contribution in [2.75, 3.05) is 0 Å². The molecule has 0 radical (unpaired) electrons. The summed E-state index contributed by atoms with van der Waals surface area (Å²) in [5.74, 6) is -0.967. The highest BCUT2D eigenvalue weighted by molar-refractivity contribution is 6.07. The van der Waals surface area contributed by atoms with E-state index in [-0.39, 0.29) is 41.5 Å². The van der Waals surface area contributed by atoms with Crippen LogP contribution in [-0.4, -0.2) is 60.5 Å². The van der Waals surface area contributed by atoms with Gasteiger partial charge in [0.15, 0.2) is 11.8 Å². The number of Topliss-reactive ketones (excluding diaryl/α,β-unsaturated/α-hetero) is 1. The molecule has 0 spiro atoms. The number of likely N-dealkylation sites (tertiary alicyclic amines) is 1. The number of halogens is 3. The lowest BCUT2D eigenvalue weighted by molar-refractivity contribution is -0.165. The molecule has 2 fully saturated rings. The molecule has 1 aliphatic heterocycles. The van der Waals surface area contributed by atoms with Gasteiger partial charge in [0.05, 0.1) is 5.52 Å². The molecule has 2 amide bonds. The fraction of sp³-hybridized carbons (Fsp3) is 0.375. The molecule has 1 saturated heterocycles. The molecule has 2 aromatic carbocycles. The van der Waals surface area contributed by atoms with Gasteiger partial charge < -0.3 is 10.2 Å². The first-order valence-electron chi connectivity index (χ1n) is 14.3. The van der Waals surface area contributed by atoms with Gasteiger partial charge >= 0.3 is 6.18 Å². The Morgan fingerprint density at radius 3 is 2.36 bits per heavy atom. The third-order valence-corrected chi connectivity index (χ3v) is 8.74. The van der Waals surface area contributed by atoms with Crippen molar-refractivity contribution in [2.24, 2.45) is 5.41 Å². The van der Waals surface area contributed by atoms with Crippen molar-refractivity contribution in [3.63, 3.8) is 0 Å². The topological polar surface area (TPSA) is 110 Å². The maximum absolute atomic E-state index is 14.0. The SMILES string of the molecule is CC(=O)c1nn(CC(=O)N2[C@H](C(=O)N[C@H](c3ccccc3)C(F)(F)F)C[C@@]3(C)C[C@@H]23)c2c(C)cc(-c3cnc(C)nc3)cc12. The Labute approximate surface area is 251 Å². The van der Waals surface area contributed by atoms with Gasteiger partial charge in [0.1, 0.15) is 24.1 Å². The average Bonchev–Trinajstić information content (AvgIpc) is 3.32. The number of carbonyl (C=O) groups is 3. The normalized spacial score (nSPS) is 21.7. The second-order valence-electron chi connectivity index (χ2n) is 12.1. The minimum Gasteiger partial charge on any atom is -0.339 e. The van der Waals surface area contributed by atoms with Crippen molar-refractivity contribution in [1.82, 2.24) is 30.0 Å². The van der Waals surface area contributed by atoms with Crippen LogP contribution in [0, 0.1) is 19.3 Å². The zero-order valence-electron chi connectivity index (χ0n) is 24.6. The maximum atomic E-state index is 14.0. The molecule has 1 saturated carbocycles. The van der Waals surface area contributed by atoms with Crippen molar-refractivity contribution >= 4 is 28.5 Å². The number of hydrogen-bond donors (Lipinski definition) is 1. The number of aryl methyl sites for hydroxylation is 2. The van der Waals surface area contributed by atoms with Crippen LogP contribution in [0.15, 0.2) is 54.9 Å². The number of carbonyl (C=O) groups excluding carboxylic acids is 3. The van der Waals surface area contributed by atoms with Gasteiger partial charge in [-0.25, -0.2) is 9.97 Å². The molecule has 1 aliphatic carbocycles. The number of fused-ring (bicyclic) bond motifs is 2. The van der Waals surface area contributed by atoms with Crippen LogP contribution in [0.3, 0.4) is 0 Å². The molecule has 2 aliphatic rings. The number of hydrogen-bond acceptors (Lipinski definition) is 6.